The summed E-state index contributed by atoms with van der Waals surface area (Å²) < 4.78 is 16.2. The average molecular weight is 222 g/mol. The Morgan fingerprint density at radius 2 is 2.00 bits per heavy atom. The molecule has 0 saturated heterocycles. The van der Waals surface area contributed by atoms with E-state index >= 15 is 0 Å². The highest BCUT2D eigenvalue weighted by molar-refractivity contribution is 7.52. The van der Waals surface area contributed by atoms with Crippen LogP contribution in [-0.4, -0.2) is 17.7 Å². The molecule has 2 atom stereocenters. The Hall–Kier alpha value is 0.150. The van der Waals surface area contributed by atoms with Crippen molar-refractivity contribution in [2.75, 3.05) is 12.8 Å². The van der Waals surface area contributed by atoms with E-state index in [0.29, 0.717) is 12.5 Å². The normalized spacial score (nSPS) is 17.7. The first-order valence-electron chi connectivity index (χ1n) is 5.52. The van der Waals surface area contributed by atoms with Gasteiger partial charge in [0.05, 0.1) is 6.61 Å². The van der Waals surface area contributed by atoms with Gasteiger partial charge in [-0.15, -0.1) is 0 Å². The molecule has 0 saturated carbocycles. The van der Waals surface area contributed by atoms with Crippen LogP contribution in [0.15, 0.2) is 0 Å². The highest BCUT2D eigenvalue weighted by Gasteiger charge is 2.17. The number of hydrogen-bond donors (Lipinski definition) is 1. The van der Waals surface area contributed by atoms with Gasteiger partial charge in [0, 0.05) is 6.16 Å². The van der Waals surface area contributed by atoms with Crippen LogP contribution in [0.1, 0.15) is 46.5 Å². The van der Waals surface area contributed by atoms with E-state index in [-0.39, 0.29) is 6.16 Å². The monoisotopic (exact) mass is 222 g/mol. The van der Waals surface area contributed by atoms with Crippen LogP contribution >= 0.6 is 7.60 Å². The Labute approximate surface area is 87.4 Å². The molecular weight excluding hydrogens is 199 g/mol. The van der Waals surface area contributed by atoms with Crippen molar-refractivity contribution in [1.29, 1.82) is 0 Å². The summed E-state index contributed by atoms with van der Waals surface area (Å²) in [6, 6.07) is 0. The lowest BCUT2D eigenvalue weighted by Gasteiger charge is -2.16. The zero-order valence-corrected chi connectivity index (χ0v) is 10.4. The Bertz CT molecular complexity index is 182. The van der Waals surface area contributed by atoms with Crippen molar-refractivity contribution in [2.24, 2.45) is 5.92 Å². The fraction of sp³-hybridized carbons (Fsp3) is 1.00. The molecule has 0 spiro atoms. The molecule has 14 heavy (non-hydrogen) atoms. The summed E-state index contributed by atoms with van der Waals surface area (Å²) in [6.45, 7) is 6.35. The van der Waals surface area contributed by atoms with Gasteiger partial charge in [-0.1, -0.05) is 40.0 Å². The Balaban J connectivity index is 3.77. The minimum absolute atomic E-state index is 0.206. The van der Waals surface area contributed by atoms with Crippen molar-refractivity contribution in [2.45, 2.75) is 46.5 Å². The van der Waals surface area contributed by atoms with Crippen LogP contribution < -0.4 is 0 Å². The molecule has 0 bridgehead atoms. The summed E-state index contributed by atoms with van der Waals surface area (Å²) in [5.74, 6) is 0.432. The number of hydrogen-bond acceptors (Lipinski definition) is 2. The topological polar surface area (TPSA) is 46.5 Å². The maximum absolute atomic E-state index is 11.2. The van der Waals surface area contributed by atoms with Gasteiger partial charge in [0.25, 0.3) is 0 Å². The van der Waals surface area contributed by atoms with E-state index in [4.69, 9.17) is 4.52 Å². The molecule has 0 aromatic heterocycles. The molecule has 0 aliphatic carbocycles. The Morgan fingerprint density at radius 1 is 1.36 bits per heavy atom. The van der Waals surface area contributed by atoms with Crippen molar-refractivity contribution in [3.63, 3.8) is 0 Å². The summed E-state index contributed by atoms with van der Waals surface area (Å²) >= 11 is 0. The zero-order valence-electron chi connectivity index (χ0n) is 9.53. The molecule has 4 heteroatoms. The SMILES string of the molecule is CCCCC(CC)COP(=O)(O)CC. The van der Waals surface area contributed by atoms with E-state index in [2.05, 4.69) is 13.8 Å². The standard InChI is InChI=1S/C10H23O3P/c1-4-7-8-10(5-2)9-13-14(11,12)6-3/h10H,4-9H2,1-3H3,(H,11,12). The van der Waals surface area contributed by atoms with Crippen LogP contribution in [0.4, 0.5) is 0 Å². The molecule has 0 aromatic rings. The maximum atomic E-state index is 11.2. The van der Waals surface area contributed by atoms with E-state index in [1.807, 2.05) is 0 Å². The summed E-state index contributed by atoms with van der Waals surface area (Å²) in [5.41, 5.74) is 0. The van der Waals surface area contributed by atoms with Gasteiger partial charge >= 0.3 is 7.60 Å². The van der Waals surface area contributed by atoms with Gasteiger partial charge < -0.3 is 9.42 Å². The van der Waals surface area contributed by atoms with Gasteiger partial charge in [-0.3, -0.25) is 4.57 Å². The van der Waals surface area contributed by atoms with Crippen molar-refractivity contribution >= 4 is 7.60 Å². The van der Waals surface area contributed by atoms with Gasteiger partial charge in [0.1, 0.15) is 0 Å². The predicted molar refractivity (Wildman–Crippen MR) is 59.6 cm³/mol. The van der Waals surface area contributed by atoms with Crippen LogP contribution in [0.5, 0.6) is 0 Å². The van der Waals surface area contributed by atoms with Crippen molar-refractivity contribution in [1.82, 2.24) is 0 Å². The summed E-state index contributed by atoms with van der Waals surface area (Å²) in [5, 5.41) is 0. The third-order valence-electron chi connectivity index (χ3n) is 2.45. The minimum atomic E-state index is -3.27. The van der Waals surface area contributed by atoms with Crippen molar-refractivity contribution in [3.8, 4) is 0 Å². The van der Waals surface area contributed by atoms with Crippen LogP contribution in [0.2, 0.25) is 0 Å². The highest BCUT2D eigenvalue weighted by Crippen LogP contribution is 2.41. The zero-order chi connectivity index (χ0) is 11.0. The van der Waals surface area contributed by atoms with Crippen molar-refractivity contribution < 1.29 is 14.0 Å². The minimum Gasteiger partial charge on any atom is -0.324 e. The van der Waals surface area contributed by atoms with Gasteiger partial charge in [-0.2, -0.15) is 0 Å². The first-order chi connectivity index (χ1) is 6.55. The third-order valence-corrected chi connectivity index (χ3v) is 3.81. The molecule has 0 aliphatic rings. The first kappa shape index (κ1) is 14.2. The summed E-state index contributed by atoms with van der Waals surface area (Å²) in [6.07, 6.45) is 4.66. The van der Waals surface area contributed by atoms with Crippen LogP contribution in [0, 0.1) is 5.92 Å². The third kappa shape index (κ3) is 6.58. The number of unbranched alkanes of at least 4 members (excludes halogenated alkanes) is 1. The second kappa shape index (κ2) is 7.44. The fourth-order valence-corrected chi connectivity index (χ4v) is 1.84. The summed E-state index contributed by atoms with van der Waals surface area (Å²) in [4.78, 5) is 9.23. The van der Waals surface area contributed by atoms with Crippen molar-refractivity contribution in [3.05, 3.63) is 0 Å². The molecular formula is C10H23O3P. The average Bonchev–Trinajstić information content (AvgIpc) is 2.18. The second-order valence-electron chi connectivity index (χ2n) is 3.67. The van der Waals surface area contributed by atoms with E-state index in [0.717, 1.165) is 12.8 Å². The van der Waals surface area contributed by atoms with Crippen LogP contribution in [0.25, 0.3) is 0 Å². The Morgan fingerprint density at radius 3 is 2.43 bits per heavy atom. The molecule has 1 N–H and O–H groups in total. The maximum Gasteiger partial charge on any atom is 0.327 e. The first-order valence-corrected chi connectivity index (χ1v) is 7.28. The van der Waals surface area contributed by atoms with Gasteiger partial charge in [-0.25, -0.2) is 0 Å². The van der Waals surface area contributed by atoms with E-state index in [1.54, 1.807) is 6.92 Å². The Kier molecular flexibility index (Phi) is 7.52. The molecule has 2 unspecified atom stereocenters. The van der Waals surface area contributed by atoms with E-state index in [9.17, 15) is 9.46 Å². The molecule has 3 nitrogen and oxygen atoms in total. The van der Waals surface area contributed by atoms with Gasteiger partial charge in [-0.05, 0) is 12.3 Å². The van der Waals surface area contributed by atoms with E-state index < -0.39 is 7.60 Å². The molecule has 0 amide bonds. The lowest BCUT2D eigenvalue weighted by atomic mass is 10.0. The van der Waals surface area contributed by atoms with Crippen LogP contribution in [0.3, 0.4) is 0 Å². The smallest absolute Gasteiger partial charge is 0.324 e. The summed E-state index contributed by atoms with van der Waals surface area (Å²) in [7, 11) is -3.27. The molecule has 0 radical (unpaired) electrons. The quantitative estimate of drug-likeness (QED) is 0.640. The number of rotatable bonds is 8. The largest absolute Gasteiger partial charge is 0.327 e. The second-order valence-corrected chi connectivity index (χ2v) is 5.83. The molecule has 0 aliphatic heterocycles. The van der Waals surface area contributed by atoms with Gasteiger partial charge in [0.15, 0.2) is 0 Å². The molecule has 86 valence electrons. The lowest BCUT2D eigenvalue weighted by Crippen LogP contribution is -2.08. The molecule has 0 aromatic carbocycles. The molecule has 0 heterocycles. The fourth-order valence-electron chi connectivity index (χ4n) is 1.21. The lowest BCUT2D eigenvalue weighted by molar-refractivity contribution is 0.204. The van der Waals surface area contributed by atoms with Gasteiger partial charge in [0.2, 0.25) is 0 Å². The highest BCUT2D eigenvalue weighted by atomic mass is 31.2. The van der Waals surface area contributed by atoms with Crippen LogP contribution in [-0.2, 0) is 9.09 Å². The molecule has 0 fully saturated rings. The predicted octanol–water partition coefficient (Wildman–Crippen LogP) is 3.42. The molecule has 0 rings (SSSR count). The van der Waals surface area contributed by atoms with E-state index in [1.165, 1.54) is 12.8 Å².